The molecule has 0 bridgehead atoms. The van der Waals surface area contributed by atoms with Crippen LogP contribution in [-0.2, 0) is 21.4 Å². The molecule has 6 nitrogen and oxygen atoms in total. The number of amides is 1. The maximum atomic E-state index is 12.4. The number of carbonyl (C=O) groups is 1. The van der Waals surface area contributed by atoms with E-state index in [1.165, 1.54) is 11.4 Å². The first-order chi connectivity index (χ1) is 12.7. The number of carbonyl (C=O) groups excluding carboxylic acids is 1. The van der Waals surface area contributed by atoms with Gasteiger partial charge in [-0.25, -0.2) is 8.42 Å². The highest BCUT2D eigenvalue weighted by atomic mass is 32.2. The van der Waals surface area contributed by atoms with Crippen LogP contribution in [0.25, 0.3) is 0 Å². The van der Waals surface area contributed by atoms with Crippen LogP contribution in [-0.4, -0.2) is 33.7 Å². The topological polar surface area (TPSA) is 75.7 Å². The zero-order valence-corrected chi connectivity index (χ0v) is 16.9. The lowest BCUT2D eigenvalue weighted by Crippen LogP contribution is -2.37. The zero-order valence-electron chi connectivity index (χ0n) is 16.1. The van der Waals surface area contributed by atoms with Gasteiger partial charge in [-0.2, -0.15) is 0 Å². The van der Waals surface area contributed by atoms with Gasteiger partial charge in [0.05, 0.1) is 11.9 Å². The molecule has 146 valence electrons. The van der Waals surface area contributed by atoms with Crippen LogP contribution in [0.4, 0.5) is 5.69 Å². The highest BCUT2D eigenvalue weighted by Crippen LogP contribution is 2.21. The SMILES string of the molecule is CC[C@H](Oc1ccc(N(C)S(C)(=O)=O)cc1)C(=O)NCc1ccccc1C. The second kappa shape index (κ2) is 8.90. The summed E-state index contributed by atoms with van der Waals surface area (Å²) in [4.78, 5) is 12.4. The molecule has 0 fully saturated rings. The summed E-state index contributed by atoms with van der Waals surface area (Å²) in [5.41, 5.74) is 2.72. The van der Waals surface area contributed by atoms with Gasteiger partial charge in [-0.15, -0.1) is 0 Å². The Bertz CT molecular complexity index is 879. The number of nitrogens with one attached hydrogen (secondary N) is 1. The first-order valence-corrected chi connectivity index (χ1v) is 10.6. The Balaban J connectivity index is 1.99. The lowest BCUT2D eigenvalue weighted by molar-refractivity contribution is -0.128. The molecule has 0 aromatic heterocycles. The number of aryl methyl sites for hydroxylation is 1. The monoisotopic (exact) mass is 390 g/mol. The smallest absolute Gasteiger partial charge is 0.261 e. The molecule has 0 aliphatic rings. The van der Waals surface area contributed by atoms with Gasteiger partial charge in [-0.05, 0) is 48.7 Å². The first-order valence-electron chi connectivity index (χ1n) is 8.75. The van der Waals surface area contributed by atoms with Crippen molar-refractivity contribution in [3.05, 3.63) is 59.7 Å². The van der Waals surface area contributed by atoms with Crippen molar-refractivity contribution < 1.29 is 17.9 Å². The van der Waals surface area contributed by atoms with Gasteiger partial charge in [0.2, 0.25) is 10.0 Å². The quantitative estimate of drug-likeness (QED) is 0.752. The van der Waals surface area contributed by atoms with Crippen LogP contribution in [0.15, 0.2) is 48.5 Å². The summed E-state index contributed by atoms with van der Waals surface area (Å²) in [6, 6.07) is 14.5. The minimum absolute atomic E-state index is 0.182. The minimum atomic E-state index is -3.32. The van der Waals surface area contributed by atoms with Crippen LogP contribution < -0.4 is 14.4 Å². The van der Waals surface area contributed by atoms with Gasteiger partial charge in [0, 0.05) is 13.6 Å². The van der Waals surface area contributed by atoms with Crippen molar-refractivity contribution in [2.75, 3.05) is 17.6 Å². The third kappa shape index (κ3) is 5.72. The molecule has 2 rings (SSSR count). The van der Waals surface area contributed by atoms with Gasteiger partial charge >= 0.3 is 0 Å². The largest absolute Gasteiger partial charge is 0.481 e. The standard InChI is InChI=1S/C20H26N2O4S/c1-5-19(20(23)21-14-16-9-7-6-8-15(16)2)26-18-12-10-17(11-13-18)22(3)27(4,24)25/h6-13,19H,5,14H2,1-4H3,(H,21,23)/t19-/m0/s1. The van der Waals surface area contributed by atoms with E-state index in [9.17, 15) is 13.2 Å². The second-order valence-corrected chi connectivity index (χ2v) is 8.40. The van der Waals surface area contributed by atoms with Crippen molar-refractivity contribution in [1.82, 2.24) is 5.32 Å². The summed E-state index contributed by atoms with van der Waals surface area (Å²) in [7, 11) is -1.83. The van der Waals surface area contributed by atoms with Gasteiger partial charge in [-0.3, -0.25) is 9.10 Å². The predicted octanol–water partition coefficient (Wildman–Crippen LogP) is 2.86. The van der Waals surface area contributed by atoms with Gasteiger partial charge in [0.15, 0.2) is 6.10 Å². The highest BCUT2D eigenvalue weighted by molar-refractivity contribution is 7.92. The van der Waals surface area contributed by atoms with Crippen molar-refractivity contribution in [2.45, 2.75) is 32.9 Å². The number of hydrogen-bond acceptors (Lipinski definition) is 4. The Morgan fingerprint density at radius 2 is 1.78 bits per heavy atom. The molecular formula is C20H26N2O4S. The molecule has 7 heteroatoms. The Hall–Kier alpha value is -2.54. The maximum absolute atomic E-state index is 12.4. The molecule has 2 aromatic carbocycles. The van der Waals surface area contributed by atoms with Crippen LogP contribution in [0.1, 0.15) is 24.5 Å². The molecule has 0 radical (unpaired) electrons. The lowest BCUT2D eigenvalue weighted by Gasteiger charge is -2.19. The maximum Gasteiger partial charge on any atom is 0.261 e. The third-order valence-electron chi connectivity index (χ3n) is 4.35. The van der Waals surface area contributed by atoms with Crippen LogP contribution in [0, 0.1) is 6.92 Å². The average Bonchev–Trinajstić information content (AvgIpc) is 2.64. The number of benzene rings is 2. The van der Waals surface area contributed by atoms with E-state index in [-0.39, 0.29) is 5.91 Å². The van der Waals surface area contributed by atoms with Gasteiger partial charge < -0.3 is 10.1 Å². The zero-order chi connectivity index (χ0) is 20.0. The van der Waals surface area contributed by atoms with Crippen LogP contribution in [0.3, 0.4) is 0 Å². The van der Waals surface area contributed by atoms with Gasteiger partial charge in [0.1, 0.15) is 5.75 Å². The molecule has 0 aliphatic heterocycles. The summed E-state index contributed by atoms with van der Waals surface area (Å²) >= 11 is 0. The fourth-order valence-electron chi connectivity index (χ4n) is 2.52. The molecule has 1 amide bonds. The van der Waals surface area contributed by atoms with Crippen molar-refractivity contribution in [2.24, 2.45) is 0 Å². The van der Waals surface area contributed by atoms with Crippen LogP contribution >= 0.6 is 0 Å². The summed E-state index contributed by atoms with van der Waals surface area (Å²) in [6.45, 7) is 4.33. The molecule has 2 aromatic rings. The molecule has 1 atom stereocenters. The Morgan fingerprint density at radius 3 is 2.33 bits per heavy atom. The van der Waals surface area contributed by atoms with Crippen LogP contribution in [0.2, 0.25) is 0 Å². The number of rotatable bonds is 8. The van der Waals surface area contributed by atoms with E-state index < -0.39 is 16.1 Å². The van der Waals surface area contributed by atoms with E-state index in [0.717, 1.165) is 17.4 Å². The van der Waals surface area contributed by atoms with E-state index >= 15 is 0 Å². The van der Waals surface area contributed by atoms with Crippen molar-refractivity contribution in [3.63, 3.8) is 0 Å². The highest BCUT2D eigenvalue weighted by Gasteiger charge is 2.19. The minimum Gasteiger partial charge on any atom is -0.481 e. The molecular weight excluding hydrogens is 364 g/mol. The fourth-order valence-corrected chi connectivity index (χ4v) is 3.02. The molecule has 0 aliphatic carbocycles. The number of hydrogen-bond donors (Lipinski definition) is 1. The van der Waals surface area contributed by atoms with Gasteiger partial charge in [0.25, 0.3) is 5.91 Å². The molecule has 27 heavy (non-hydrogen) atoms. The van der Waals surface area contributed by atoms with E-state index in [2.05, 4.69) is 5.32 Å². The fraction of sp³-hybridized carbons (Fsp3) is 0.350. The molecule has 0 spiro atoms. The Morgan fingerprint density at radius 1 is 1.15 bits per heavy atom. The Kier molecular flexibility index (Phi) is 6.85. The van der Waals surface area contributed by atoms with E-state index in [0.29, 0.717) is 24.4 Å². The summed E-state index contributed by atoms with van der Waals surface area (Å²) in [5, 5.41) is 2.91. The summed E-state index contributed by atoms with van der Waals surface area (Å²) in [6.07, 6.45) is 1.04. The second-order valence-electron chi connectivity index (χ2n) is 6.38. The summed E-state index contributed by atoms with van der Waals surface area (Å²) < 4.78 is 30.1. The average molecular weight is 391 g/mol. The van der Waals surface area contributed by atoms with Crippen molar-refractivity contribution in [1.29, 1.82) is 0 Å². The van der Waals surface area contributed by atoms with Crippen molar-refractivity contribution >= 4 is 21.6 Å². The lowest BCUT2D eigenvalue weighted by atomic mass is 10.1. The van der Waals surface area contributed by atoms with Gasteiger partial charge in [-0.1, -0.05) is 31.2 Å². The molecule has 0 unspecified atom stereocenters. The Labute approximate surface area is 161 Å². The number of anilines is 1. The molecule has 1 N–H and O–H groups in total. The first kappa shape index (κ1) is 20.8. The summed E-state index contributed by atoms with van der Waals surface area (Å²) in [5.74, 6) is 0.330. The van der Waals surface area contributed by atoms with Crippen LogP contribution in [0.5, 0.6) is 5.75 Å². The predicted molar refractivity (Wildman–Crippen MR) is 107 cm³/mol. The normalized spacial score (nSPS) is 12.3. The van der Waals surface area contributed by atoms with Crippen molar-refractivity contribution in [3.8, 4) is 5.75 Å². The number of sulfonamides is 1. The molecule has 0 saturated heterocycles. The molecule has 0 saturated carbocycles. The third-order valence-corrected chi connectivity index (χ3v) is 5.56. The number of nitrogens with zero attached hydrogens (tertiary/aromatic N) is 1. The number of ether oxygens (including phenoxy) is 1. The van der Waals surface area contributed by atoms with E-state index in [1.54, 1.807) is 24.3 Å². The molecule has 0 heterocycles. The van der Waals surface area contributed by atoms with E-state index in [4.69, 9.17) is 4.74 Å². The van der Waals surface area contributed by atoms with E-state index in [1.807, 2.05) is 38.1 Å².